The second-order valence-electron chi connectivity index (χ2n) is 4.81. The van der Waals surface area contributed by atoms with Crippen LogP contribution in [0.25, 0.3) is 0 Å². The van der Waals surface area contributed by atoms with Crippen molar-refractivity contribution in [3.05, 3.63) is 0 Å². The van der Waals surface area contributed by atoms with E-state index in [2.05, 4.69) is 14.1 Å². The van der Waals surface area contributed by atoms with Gasteiger partial charge in [-0.05, 0) is 12.8 Å². The first-order valence-electron chi connectivity index (χ1n) is 6.37. The zero-order valence-corrected chi connectivity index (χ0v) is 11.0. The monoisotopic (exact) mass is 291 g/mol. The van der Waals surface area contributed by atoms with E-state index in [4.69, 9.17) is 9.47 Å². The van der Waals surface area contributed by atoms with Gasteiger partial charge in [-0.1, -0.05) is 0 Å². The van der Waals surface area contributed by atoms with Crippen LogP contribution in [0.1, 0.15) is 19.3 Å². The number of nitrogens with zero attached hydrogens (tertiary/aromatic N) is 2. The number of hydrogen-bond acceptors (Lipinski definition) is 6. The van der Waals surface area contributed by atoms with Gasteiger partial charge in [0.05, 0.1) is 18.4 Å². The summed E-state index contributed by atoms with van der Waals surface area (Å²) in [6.07, 6.45) is 0.230. The molecule has 0 spiro atoms. The van der Waals surface area contributed by atoms with Crippen molar-refractivity contribution >= 4 is 11.7 Å². The Hall–Kier alpha value is -1.02. The van der Waals surface area contributed by atoms with Crippen molar-refractivity contribution in [2.75, 3.05) is 13.2 Å². The third-order valence-electron chi connectivity index (χ3n) is 3.61. The van der Waals surface area contributed by atoms with Crippen molar-refractivity contribution in [1.29, 1.82) is 0 Å². The highest BCUT2D eigenvalue weighted by atomic mass is 32.1. The number of ether oxygens (including phenoxy) is 2. The Balaban J connectivity index is 1.64. The van der Waals surface area contributed by atoms with Crippen molar-refractivity contribution in [3.8, 4) is 11.8 Å². The summed E-state index contributed by atoms with van der Waals surface area (Å²) in [6.45, 7) is 0.169. The molecule has 1 aromatic rings. The van der Waals surface area contributed by atoms with E-state index in [0.717, 1.165) is 31.1 Å². The molecule has 1 N–H and O–H groups in total. The molecular weight excluding hydrogens is 276 g/mol. The van der Waals surface area contributed by atoms with Crippen LogP contribution in [0.3, 0.4) is 0 Å². The molecule has 0 aromatic carbocycles. The molecule has 2 heterocycles. The number of aromatic nitrogens is 2. The number of fused-ring (bicyclic) bond motifs is 2. The predicted molar refractivity (Wildman–Crippen MR) is 65.0 cm³/mol. The van der Waals surface area contributed by atoms with E-state index in [9.17, 15) is 8.78 Å². The maximum atomic E-state index is 13.2. The van der Waals surface area contributed by atoms with Gasteiger partial charge in [0.25, 0.3) is 11.8 Å². The van der Waals surface area contributed by atoms with Crippen molar-refractivity contribution in [3.63, 3.8) is 0 Å². The lowest BCUT2D eigenvalue weighted by atomic mass is 10.1. The van der Waals surface area contributed by atoms with E-state index in [-0.39, 0.29) is 24.3 Å². The van der Waals surface area contributed by atoms with Gasteiger partial charge in [-0.3, -0.25) is 4.39 Å². The van der Waals surface area contributed by atoms with Gasteiger partial charge in [-0.2, -0.15) is 0 Å². The third-order valence-corrected chi connectivity index (χ3v) is 4.10. The van der Waals surface area contributed by atoms with E-state index in [1.165, 1.54) is 0 Å². The summed E-state index contributed by atoms with van der Waals surface area (Å²) >= 11 is 0.902. The minimum absolute atomic E-state index is 0.0252. The first-order valence-corrected chi connectivity index (χ1v) is 7.10. The first kappa shape index (κ1) is 13.0. The molecule has 8 heteroatoms. The average molecular weight is 291 g/mol. The van der Waals surface area contributed by atoms with Crippen LogP contribution < -0.4 is 14.8 Å². The molecule has 1 aliphatic heterocycles. The maximum Gasteiger partial charge on any atom is 0.293 e. The normalized spacial score (nSPS) is 30.5. The Kier molecular flexibility index (Phi) is 3.79. The van der Waals surface area contributed by atoms with E-state index in [1.54, 1.807) is 0 Å². The summed E-state index contributed by atoms with van der Waals surface area (Å²) in [5.41, 5.74) is 0. The van der Waals surface area contributed by atoms with Crippen LogP contribution in [0.2, 0.25) is 0 Å². The van der Waals surface area contributed by atoms with Crippen molar-refractivity contribution in [2.45, 2.75) is 37.8 Å². The highest BCUT2D eigenvalue weighted by molar-refractivity contribution is 6.99. The summed E-state index contributed by atoms with van der Waals surface area (Å²) in [5.74, 6) is 0.709. The maximum absolute atomic E-state index is 13.2. The lowest BCUT2D eigenvalue weighted by Gasteiger charge is -2.16. The second kappa shape index (κ2) is 5.54. The van der Waals surface area contributed by atoms with Crippen LogP contribution in [0.5, 0.6) is 11.8 Å². The number of halogens is 2. The fourth-order valence-corrected chi connectivity index (χ4v) is 3.11. The van der Waals surface area contributed by atoms with E-state index < -0.39 is 13.0 Å². The quantitative estimate of drug-likeness (QED) is 0.864. The smallest absolute Gasteiger partial charge is 0.293 e. The molecule has 2 aliphatic rings. The van der Waals surface area contributed by atoms with Gasteiger partial charge in [0.15, 0.2) is 0 Å². The van der Waals surface area contributed by atoms with Gasteiger partial charge in [-0.25, -0.2) is 4.39 Å². The molecule has 1 saturated heterocycles. The van der Waals surface area contributed by atoms with E-state index in [1.807, 2.05) is 0 Å². The van der Waals surface area contributed by atoms with Gasteiger partial charge in [0.1, 0.15) is 6.10 Å². The minimum atomic E-state index is -1.71. The van der Waals surface area contributed by atoms with Crippen LogP contribution in [0.4, 0.5) is 8.78 Å². The van der Waals surface area contributed by atoms with Crippen LogP contribution in [-0.2, 0) is 0 Å². The van der Waals surface area contributed by atoms with Crippen LogP contribution in [0.15, 0.2) is 0 Å². The van der Waals surface area contributed by atoms with Gasteiger partial charge < -0.3 is 14.8 Å². The molecule has 106 valence electrons. The Labute approximate surface area is 113 Å². The third kappa shape index (κ3) is 2.64. The topological polar surface area (TPSA) is 56.3 Å². The van der Waals surface area contributed by atoms with Crippen molar-refractivity contribution in [1.82, 2.24) is 14.1 Å². The average Bonchev–Trinajstić information content (AvgIpc) is 3.09. The van der Waals surface area contributed by atoms with Crippen LogP contribution in [0, 0.1) is 5.92 Å². The summed E-state index contributed by atoms with van der Waals surface area (Å²) in [6, 6.07) is 0.326. The van der Waals surface area contributed by atoms with E-state index in [0.29, 0.717) is 12.0 Å². The Morgan fingerprint density at radius 3 is 2.84 bits per heavy atom. The lowest BCUT2D eigenvalue weighted by molar-refractivity contribution is 0.0430. The number of piperidine rings is 1. The van der Waals surface area contributed by atoms with Gasteiger partial charge >= 0.3 is 0 Å². The number of nitrogens with one attached hydrogen (secondary N) is 1. The molecule has 2 bridgehead atoms. The molecule has 5 nitrogen and oxygen atoms in total. The fraction of sp³-hybridized carbons (Fsp3) is 0.818. The lowest BCUT2D eigenvalue weighted by Crippen LogP contribution is -2.31. The van der Waals surface area contributed by atoms with Crippen LogP contribution >= 0.6 is 11.7 Å². The molecule has 3 rings (SSSR count). The summed E-state index contributed by atoms with van der Waals surface area (Å²) in [5, 5.41) is 3.36. The Morgan fingerprint density at radius 1 is 1.37 bits per heavy atom. The van der Waals surface area contributed by atoms with Gasteiger partial charge in [0, 0.05) is 24.9 Å². The minimum Gasteiger partial charge on any atom is -0.468 e. The molecule has 19 heavy (non-hydrogen) atoms. The highest BCUT2D eigenvalue weighted by Gasteiger charge is 2.44. The zero-order chi connectivity index (χ0) is 13.2. The molecular formula is C11H15F2N3O2S. The number of hydrogen-bond donors (Lipinski definition) is 1. The molecule has 4 atom stereocenters. The Bertz CT molecular complexity index is 414. The standard InChI is InChI=1S/C11H15F2N3O2S/c12-4-3-8(13)17-10-11(16-19-15-10)18-9-6-1-2-7(9)14-5-6/h6-9,14H,1-5H2. The molecule has 0 radical (unpaired) electrons. The molecule has 1 saturated carbocycles. The van der Waals surface area contributed by atoms with E-state index >= 15 is 0 Å². The van der Waals surface area contributed by atoms with Crippen LogP contribution in [-0.4, -0.2) is 40.5 Å². The summed E-state index contributed by atoms with van der Waals surface area (Å²) in [7, 11) is 0. The molecule has 4 unspecified atom stereocenters. The fourth-order valence-electron chi connectivity index (χ4n) is 2.68. The van der Waals surface area contributed by atoms with Crippen molar-refractivity contribution < 1.29 is 18.3 Å². The van der Waals surface area contributed by atoms with Crippen molar-refractivity contribution in [2.24, 2.45) is 5.92 Å². The molecule has 0 amide bonds. The largest absolute Gasteiger partial charge is 0.468 e. The summed E-state index contributed by atoms with van der Waals surface area (Å²) in [4.78, 5) is 0. The predicted octanol–water partition coefficient (Wildman–Crippen LogP) is 1.70. The van der Waals surface area contributed by atoms with Gasteiger partial charge in [-0.15, -0.1) is 8.75 Å². The zero-order valence-electron chi connectivity index (χ0n) is 10.2. The highest BCUT2D eigenvalue weighted by Crippen LogP contribution is 2.36. The Morgan fingerprint density at radius 2 is 2.21 bits per heavy atom. The summed E-state index contributed by atoms with van der Waals surface area (Å²) < 4.78 is 43.8. The molecule has 1 aromatic heterocycles. The molecule has 1 aliphatic carbocycles. The molecule has 2 fully saturated rings. The number of alkyl halides is 2. The SMILES string of the molecule is FCCC(F)Oc1nsnc1OC1C2CCC1NC2. The van der Waals surface area contributed by atoms with Gasteiger partial charge in [0.2, 0.25) is 6.36 Å². The second-order valence-corrected chi connectivity index (χ2v) is 5.34. The number of rotatable bonds is 6. The first-order chi connectivity index (χ1) is 9.28.